The Balaban J connectivity index is 0.00000242. The molecule has 0 aliphatic carbocycles. The van der Waals surface area contributed by atoms with E-state index in [1.165, 1.54) is 22.1 Å². The van der Waals surface area contributed by atoms with E-state index in [1.807, 2.05) is 30.5 Å². The molecule has 6 aromatic rings. The first-order valence-electron chi connectivity index (χ1n) is 12.3. The molecule has 4 aromatic carbocycles. The third kappa shape index (κ3) is 3.35. The number of fused-ring (bicyclic) bond motifs is 11. The molecule has 180 valence electrons. The molecule has 0 unspecified atom stereocenters. The molecular weight excluding hydrogens is 560 g/mol. The molecule has 6 heteroatoms. The molecule has 2 aliphatic heterocycles. The SMILES string of the molecule is [Pd+2].[c-]1c(-c2ccccn2)ccc2c1N1B(c3ccccc3-2)c2ccccc2-c2ccc(-c3ncco3)[c-]c21. The Morgan fingerprint density at radius 3 is 1.87 bits per heavy atom. The van der Waals surface area contributed by atoms with Crippen LogP contribution in [0.25, 0.3) is 45.0 Å². The first-order chi connectivity index (χ1) is 18.4. The molecule has 0 atom stereocenters. The minimum atomic E-state index is -0.0151. The molecule has 0 bridgehead atoms. The van der Waals surface area contributed by atoms with E-state index < -0.39 is 0 Å². The Hall–Kier alpha value is -4.23. The number of oxazole rings is 1. The van der Waals surface area contributed by atoms with Crippen molar-refractivity contribution in [3.05, 3.63) is 122 Å². The maximum atomic E-state index is 5.64. The van der Waals surface area contributed by atoms with Gasteiger partial charge in [-0.15, -0.1) is 42.0 Å². The van der Waals surface area contributed by atoms with Gasteiger partial charge in [0.15, 0.2) is 0 Å². The Morgan fingerprint density at radius 2 is 1.24 bits per heavy atom. The van der Waals surface area contributed by atoms with Crippen molar-refractivity contribution in [1.82, 2.24) is 9.97 Å². The van der Waals surface area contributed by atoms with Crippen molar-refractivity contribution in [3.63, 3.8) is 0 Å². The van der Waals surface area contributed by atoms with Crippen molar-refractivity contribution in [2.45, 2.75) is 0 Å². The minimum absolute atomic E-state index is 0. The zero-order chi connectivity index (χ0) is 24.3. The van der Waals surface area contributed by atoms with Gasteiger partial charge >= 0.3 is 27.3 Å². The van der Waals surface area contributed by atoms with Gasteiger partial charge in [0.25, 0.3) is 0 Å². The largest absolute Gasteiger partial charge is 2.00 e. The molecule has 2 aromatic heterocycles. The fourth-order valence-corrected chi connectivity index (χ4v) is 5.71. The van der Waals surface area contributed by atoms with Crippen LogP contribution in [0, 0.1) is 12.1 Å². The van der Waals surface area contributed by atoms with E-state index in [-0.39, 0.29) is 27.3 Å². The zero-order valence-corrected chi connectivity index (χ0v) is 21.6. The summed E-state index contributed by atoms with van der Waals surface area (Å²) in [6.07, 6.45) is 5.09. The Labute approximate surface area is 234 Å². The van der Waals surface area contributed by atoms with Crippen LogP contribution < -0.4 is 15.7 Å². The second-order valence-electron chi connectivity index (χ2n) is 9.27. The monoisotopic (exact) mass is 577 g/mol. The second kappa shape index (κ2) is 8.95. The quantitative estimate of drug-likeness (QED) is 0.190. The van der Waals surface area contributed by atoms with E-state index in [0.717, 1.165) is 39.3 Å². The summed E-state index contributed by atoms with van der Waals surface area (Å²) in [7, 11) is 0. The summed E-state index contributed by atoms with van der Waals surface area (Å²) in [5, 5.41) is 0. The number of benzene rings is 4. The number of pyridine rings is 1. The number of rotatable bonds is 2. The summed E-state index contributed by atoms with van der Waals surface area (Å²) >= 11 is 0. The van der Waals surface area contributed by atoms with Gasteiger partial charge in [-0.25, -0.2) is 0 Å². The molecule has 4 nitrogen and oxygen atoms in total. The number of anilines is 2. The molecule has 0 radical (unpaired) electrons. The van der Waals surface area contributed by atoms with E-state index in [2.05, 4.69) is 93.6 Å². The minimum Gasteiger partial charge on any atom is -0.489 e. The molecule has 0 spiro atoms. The smallest absolute Gasteiger partial charge is 0.489 e. The van der Waals surface area contributed by atoms with Crippen molar-refractivity contribution >= 4 is 29.1 Å². The number of nitrogens with zero attached hydrogens (tertiary/aromatic N) is 3. The summed E-state index contributed by atoms with van der Waals surface area (Å²) in [6.45, 7) is -0.0151. The molecule has 38 heavy (non-hydrogen) atoms. The van der Waals surface area contributed by atoms with Gasteiger partial charge in [-0.3, -0.25) is 4.98 Å². The summed E-state index contributed by atoms with van der Waals surface area (Å²) in [5.41, 5.74) is 11.9. The van der Waals surface area contributed by atoms with Gasteiger partial charge < -0.3 is 14.2 Å². The van der Waals surface area contributed by atoms with E-state index in [9.17, 15) is 0 Å². The summed E-state index contributed by atoms with van der Waals surface area (Å²) in [6, 6.07) is 39.3. The summed E-state index contributed by atoms with van der Waals surface area (Å²) in [5.74, 6) is 0.557. The Bertz CT molecular complexity index is 1800. The van der Waals surface area contributed by atoms with Crippen LogP contribution in [0.15, 0.2) is 114 Å². The van der Waals surface area contributed by atoms with Crippen LogP contribution >= 0.6 is 0 Å². The Morgan fingerprint density at radius 1 is 0.605 bits per heavy atom. The molecule has 0 saturated heterocycles. The van der Waals surface area contributed by atoms with Crippen LogP contribution in [0.3, 0.4) is 0 Å². The third-order valence-electron chi connectivity index (χ3n) is 7.28. The average molecular weight is 578 g/mol. The van der Waals surface area contributed by atoms with Gasteiger partial charge in [-0.05, 0) is 17.4 Å². The predicted octanol–water partition coefficient (Wildman–Crippen LogP) is 5.91. The van der Waals surface area contributed by atoms with Crippen molar-refractivity contribution in [2.24, 2.45) is 0 Å². The van der Waals surface area contributed by atoms with Crippen molar-refractivity contribution in [3.8, 4) is 45.0 Å². The van der Waals surface area contributed by atoms with Crippen LogP contribution in [-0.2, 0) is 20.4 Å². The van der Waals surface area contributed by atoms with Gasteiger partial charge in [0.2, 0.25) is 0 Å². The van der Waals surface area contributed by atoms with Crippen LogP contribution in [0.2, 0.25) is 0 Å². The number of hydrogen-bond donors (Lipinski definition) is 0. The molecule has 0 fully saturated rings. The van der Waals surface area contributed by atoms with Crippen LogP contribution in [0.5, 0.6) is 0 Å². The van der Waals surface area contributed by atoms with Crippen LogP contribution in [0.1, 0.15) is 0 Å². The van der Waals surface area contributed by atoms with Crippen molar-refractivity contribution < 1.29 is 24.8 Å². The van der Waals surface area contributed by atoms with Gasteiger partial charge in [-0.2, -0.15) is 0 Å². The van der Waals surface area contributed by atoms with E-state index in [1.54, 1.807) is 12.5 Å². The van der Waals surface area contributed by atoms with Crippen LogP contribution in [0.4, 0.5) is 11.4 Å². The fraction of sp³-hybridized carbons (Fsp3) is 0. The van der Waals surface area contributed by atoms with E-state index >= 15 is 0 Å². The molecule has 0 saturated carbocycles. The molecule has 2 aliphatic rings. The first-order valence-corrected chi connectivity index (χ1v) is 12.3. The number of aromatic nitrogens is 2. The second-order valence-corrected chi connectivity index (χ2v) is 9.27. The summed E-state index contributed by atoms with van der Waals surface area (Å²) in [4.78, 5) is 11.4. The van der Waals surface area contributed by atoms with Crippen molar-refractivity contribution in [1.29, 1.82) is 0 Å². The van der Waals surface area contributed by atoms with Gasteiger partial charge in [0.05, 0.1) is 12.5 Å². The first kappa shape index (κ1) is 22.9. The Kier molecular flexibility index (Phi) is 5.40. The molecule has 4 heterocycles. The van der Waals surface area contributed by atoms with Crippen LogP contribution in [-0.4, -0.2) is 16.8 Å². The predicted molar refractivity (Wildman–Crippen MR) is 147 cm³/mol. The van der Waals surface area contributed by atoms with Gasteiger partial charge in [0.1, 0.15) is 5.89 Å². The van der Waals surface area contributed by atoms with Gasteiger partial charge in [-0.1, -0.05) is 105 Å². The molecule has 8 rings (SSSR count). The van der Waals surface area contributed by atoms with Gasteiger partial charge in [0, 0.05) is 6.20 Å². The topological polar surface area (TPSA) is 42.2 Å². The summed E-state index contributed by atoms with van der Waals surface area (Å²) < 4.78 is 5.64. The van der Waals surface area contributed by atoms with E-state index in [0.29, 0.717) is 5.89 Å². The average Bonchev–Trinajstić information content (AvgIpc) is 3.52. The molecule has 0 N–H and O–H groups in total. The molecular formula is C32H18BN3OPd. The zero-order valence-electron chi connectivity index (χ0n) is 20.0. The fourth-order valence-electron chi connectivity index (χ4n) is 5.71. The normalized spacial score (nSPS) is 12.4. The van der Waals surface area contributed by atoms with E-state index in [4.69, 9.17) is 4.42 Å². The number of hydrogen-bond acceptors (Lipinski definition) is 4. The third-order valence-corrected chi connectivity index (χ3v) is 7.28. The maximum Gasteiger partial charge on any atom is 2.00 e. The van der Waals surface area contributed by atoms with Crippen molar-refractivity contribution in [2.75, 3.05) is 4.81 Å². The molecule has 0 amide bonds. The maximum absolute atomic E-state index is 5.64. The standard InChI is InChI=1S/C32H18BN3O.Pd/c1-3-9-27-23(7-1)25-14-12-21(29-11-5-6-16-34-29)19-30(25)36-31-20-22(32-35-17-18-37-32)13-15-26(31)24-8-2-4-10-28(24)33(27)36;/h1-18H;/q-2;+2.